The molecule has 0 aliphatic carbocycles. The van der Waals surface area contributed by atoms with E-state index in [1.54, 1.807) is 0 Å². The van der Waals surface area contributed by atoms with Crippen molar-refractivity contribution in [1.29, 1.82) is 0 Å². The number of thiazole rings is 1. The highest BCUT2D eigenvalue weighted by molar-refractivity contribution is 7.21. The molecule has 4 rings (SSSR count). The third-order valence-electron chi connectivity index (χ3n) is 3.65. The van der Waals surface area contributed by atoms with Gasteiger partial charge in [0.2, 0.25) is 5.13 Å². The third kappa shape index (κ3) is 3.65. The summed E-state index contributed by atoms with van der Waals surface area (Å²) in [5, 5.41) is 15.1. The summed E-state index contributed by atoms with van der Waals surface area (Å²) in [6.07, 6.45) is 1.44. The molecule has 0 saturated carbocycles. The van der Waals surface area contributed by atoms with Gasteiger partial charge in [0.1, 0.15) is 0 Å². The van der Waals surface area contributed by atoms with Crippen LogP contribution in [0.3, 0.4) is 0 Å². The molecule has 0 aliphatic rings. The molecule has 0 fully saturated rings. The van der Waals surface area contributed by atoms with Crippen LogP contribution in [0.25, 0.3) is 10.2 Å². The topological polar surface area (TPSA) is 53.2 Å². The minimum absolute atomic E-state index is 0.614. The zero-order chi connectivity index (χ0) is 17.6. The fourth-order valence-corrected chi connectivity index (χ4v) is 3.27. The van der Waals surface area contributed by atoms with E-state index in [1.807, 2.05) is 89.9 Å². The zero-order valence-corrected chi connectivity index (χ0v) is 14.6. The maximum atomic E-state index is 4.46. The summed E-state index contributed by atoms with van der Waals surface area (Å²) < 4.78 is 1.09. The van der Waals surface area contributed by atoms with Crippen molar-refractivity contribution in [3.05, 3.63) is 84.9 Å². The molecule has 0 bridgehead atoms. The van der Waals surface area contributed by atoms with Gasteiger partial charge in [-0.25, -0.2) is 9.99 Å². The second-order valence-corrected chi connectivity index (χ2v) is 6.40. The van der Waals surface area contributed by atoms with Gasteiger partial charge in [0.05, 0.1) is 21.6 Å². The van der Waals surface area contributed by atoms with Gasteiger partial charge in [0, 0.05) is 0 Å². The number of hydrogen-bond acceptors (Lipinski definition) is 5. The monoisotopic (exact) mass is 357 g/mol. The van der Waals surface area contributed by atoms with E-state index in [0.717, 1.165) is 21.6 Å². The number of azo groups is 1. The molecule has 6 heteroatoms. The van der Waals surface area contributed by atoms with Gasteiger partial charge in [0.15, 0.2) is 6.34 Å². The number of benzene rings is 3. The van der Waals surface area contributed by atoms with Crippen LogP contribution in [0.5, 0.6) is 0 Å². The van der Waals surface area contributed by atoms with Crippen LogP contribution in [-0.4, -0.2) is 11.3 Å². The average molecular weight is 357 g/mol. The van der Waals surface area contributed by atoms with Crippen LogP contribution in [0.4, 0.5) is 16.5 Å². The zero-order valence-electron chi connectivity index (χ0n) is 13.8. The number of anilines is 2. The Balaban J connectivity index is 1.57. The quantitative estimate of drug-likeness (QED) is 0.186. The van der Waals surface area contributed by atoms with Crippen molar-refractivity contribution in [3.63, 3.8) is 0 Å². The lowest BCUT2D eigenvalue weighted by atomic mass is 10.2. The predicted molar refractivity (Wildman–Crippen MR) is 108 cm³/mol. The summed E-state index contributed by atoms with van der Waals surface area (Å²) in [5.74, 6) is 0. The van der Waals surface area contributed by atoms with Crippen molar-refractivity contribution in [2.75, 3.05) is 5.01 Å². The van der Waals surface area contributed by atoms with Crippen molar-refractivity contribution in [2.45, 2.75) is 0 Å². The van der Waals surface area contributed by atoms with Gasteiger partial charge in [-0.15, -0.1) is 10.2 Å². The van der Waals surface area contributed by atoms with E-state index in [9.17, 15) is 0 Å². The first kappa shape index (κ1) is 16.1. The molecule has 0 radical (unpaired) electrons. The number of para-hydroxylation sites is 3. The number of fused-ring (bicyclic) bond motifs is 1. The van der Waals surface area contributed by atoms with Gasteiger partial charge in [-0.05, 0) is 36.4 Å². The molecule has 4 aromatic rings. The third-order valence-corrected chi connectivity index (χ3v) is 4.57. The molecule has 3 aromatic carbocycles. The summed E-state index contributed by atoms with van der Waals surface area (Å²) in [6, 6.07) is 27.8. The van der Waals surface area contributed by atoms with Gasteiger partial charge in [-0.2, -0.15) is 5.10 Å². The van der Waals surface area contributed by atoms with Gasteiger partial charge in [0.25, 0.3) is 0 Å². The van der Waals surface area contributed by atoms with Gasteiger partial charge in [-0.1, -0.05) is 59.9 Å². The largest absolute Gasteiger partial charge is 0.232 e. The summed E-state index contributed by atoms with van der Waals surface area (Å²) in [5.41, 5.74) is 2.83. The second kappa shape index (κ2) is 7.67. The Morgan fingerprint density at radius 1 is 0.769 bits per heavy atom. The fourth-order valence-electron chi connectivity index (χ4n) is 2.47. The van der Waals surface area contributed by atoms with E-state index in [2.05, 4.69) is 20.3 Å². The van der Waals surface area contributed by atoms with Gasteiger partial charge >= 0.3 is 0 Å². The molecular weight excluding hydrogens is 342 g/mol. The number of hydrazone groups is 1. The Hall–Kier alpha value is -3.38. The first-order valence-electron chi connectivity index (χ1n) is 8.09. The van der Waals surface area contributed by atoms with Gasteiger partial charge < -0.3 is 0 Å². The molecule has 1 aromatic heterocycles. The smallest absolute Gasteiger partial charge is 0.231 e. The summed E-state index contributed by atoms with van der Waals surface area (Å²) in [6.45, 7) is 0. The van der Waals surface area contributed by atoms with Gasteiger partial charge in [-0.3, -0.25) is 0 Å². The van der Waals surface area contributed by atoms with E-state index in [0.29, 0.717) is 5.13 Å². The highest BCUT2D eigenvalue weighted by atomic mass is 32.1. The van der Waals surface area contributed by atoms with Crippen LogP contribution in [0, 0.1) is 0 Å². The van der Waals surface area contributed by atoms with Crippen molar-refractivity contribution in [1.82, 2.24) is 4.98 Å². The average Bonchev–Trinajstić information content (AvgIpc) is 3.12. The first-order chi connectivity index (χ1) is 12.9. The minimum atomic E-state index is 0.614. The Labute approximate surface area is 155 Å². The Morgan fingerprint density at radius 2 is 1.38 bits per heavy atom. The number of hydrogen-bond donors (Lipinski definition) is 0. The van der Waals surface area contributed by atoms with Crippen molar-refractivity contribution in [3.8, 4) is 0 Å². The Kier molecular flexibility index (Phi) is 4.75. The van der Waals surface area contributed by atoms with E-state index >= 15 is 0 Å². The van der Waals surface area contributed by atoms with E-state index in [-0.39, 0.29) is 0 Å². The molecule has 1 heterocycles. The molecule has 0 saturated heterocycles. The molecule has 0 aliphatic heterocycles. The molecular formula is C20H15N5S. The lowest BCUT2D eigenvalue weighted by molar-refractivity contribution is 1.08. The number of aromatic nitrogens is 1. The van der Waals surface area contributed by atoms with Crippen LogP contribution in [-0.2, 0) is 0 Å². The van der Waals surface area contributed by atoms with Crippen LogP contribution in [0.15, 0.2) is 100 Å². The van der Waals surface area contributed by atoms with Crippen LogP contribution >= 0.6 is 11.3 Å². The van der Waals surface area contributed by atoms with Crippen molar-refractivity contribution < 1.29 is 0 Å². The van der Waals surface area contributed by atoms with Crippen LogP contribution in [0.1, 0.15) is 0 Å². The minimum Gasteiger partial charge on any atom is -0.232 e. The Bertz CT molecular complexity index is 969. The molecule has 5 nitrogen and oxygen atoms in total. The molecule has 0 spiro atoms. The molecule has 126 valence electrons. The first-order valence-corrected chi connectivity index (χ1v) is 8.91. The van der Waals surface area contributed by atoms with Crippen LogP contribution in [0.2, 0.25) is 0 Å². The molecule has 0 N–H and O–H groups in total. The second-order valence-electron chi connectivity index (χ2n) is 5.39. The van der Waals surface area contributed by atoms with E-state index in [1.165, 1.54) is 17.7 Å². The highest BCUT2D eigenvalue weighted by Gasteiger charge is 2.06. The maximum Gasteiger partial charge on any atom is 0.231 e. The summed E-state index contributed by atoms with van der Waals surface area (Å²) in [7, 11) is 0. The standard InChI is InChI=1S/C20H15N5S/c1-3-9-16(10-4-1)25(17-11-5-2-6-12-17)22-15-21-24-20-23-18-13-7-8-14-19(18)26-20/h1-15H. The lowest BCUT2D eigenvalue weighted by Gasteiger charge is -2.18. The summed E-state index contributed by atoms with van der Waals surface area (Å²) in [4.78, 5) is 4.43. The lowest BCUT2D eigenvalue weighted by Crippen LogP contribution is -2.08. The molecule has 0 atom stereocenters. The summed E-state index contributed by atoms with van der Waals surface area (Å²) >= 11 is 1.50. The van der Waals surface area contributed by atoms with E-state index in [4.69, 9.17) is 0 Å². The highest BCUT2D eigenvalue weighted by Crippen LogP contribution is 2.28. The normalized spacial score (nSPS) is 11.5. The van der Waals surface area contributed by atoms with E-state index < -0.39 is 0 Å². The Morgan fingerprint density at radius 3 is 2.04 bits per heavy atom. The number of rotatable bonds is 5. The predicted octanol–water partition coefficient (Wildman–Crippen LogP) is 6.16. The van der Waals surface area contributed by atoms with Crippen molar-refractivity contribution >= 4 is 44.4 Å². The van der Waals surface area contributed by atoms with Crippen LogP contribution < -0.4 is 5.01 Å². The number of nitrogens with zero attached hydrogens (tertiary/aromatic N) is 5. The maximum absolute atomic E-state index is 4.46. The molecule has 0 unspecified atom stereocenters. The molecule has 26 heavy (non-hydrogen) atoms. The molecule has 0 amide bonds. The fraction of sp³-hybridized carbons (Fsp3) is 0. The van der Waals surface area contributed by atoms with Crippen molar-refractivity contribution in [2.24, 2.45) is 15.3 Å². The SMILES string of the molecule is C(=NN(c1ccccc1)c1ccccc1)N=Nc1nc2ccccc2s1.